The second-order valence-corrected chi connectivity index (χ2v) is 10.6. The van der Waals surface area contributed by atoms with Crippen molar-refractivity contribution in [3.8, 4) is 10.4 Å². The van der Waals surface area contributed by atoms with E-state index in [4.69, 9.17) is 16.7 Å². The minimum Gasteiger partial charge on any atom is -0.480 e. The predicted molar refractivity (Wildman–Crippen MR) is 115 cm³/mol. The number of carboxylic acid groups (broad SMARTS) is 1. The number of aliphatic hydroxyl groups excluding tert-OH is 1. The van der Waals surface area contributed by atoms with E-state index in [-0.39, 0.29) is 17.2 Å². The van der Waals surface area contributed by atoms with E-state index in [1.54, 1.807) is 54.6 Å². The smallest absolute Gasteiger partial charge is 0.325 e. The average Bonchev–Trinajstić information content (AvgIpc) is 3.21. The van der Waals surface area contributed by atoms with Gasteiger partial charge in [0.2, 0.25) is 0 Å². The molecular weight excluding hydrogens is 446 g/mol. The lowest BCUT2D eigenvalue weighted by Gasteiger charge is -2.15. The fourth-order valence-corrected chi connectivity index (χ4v) is 6.28. The van der Waals surface area contributed by atoms with Crippen LogP contribution in [0, 0.1) is 0 Å². The molecule has 0 spiro atoms. The molecule has 156 valence electrons. The van der Waals surface area contributed by atoms with E-state index >= 15 is 0 Å². The van der Waals surface area contributed by atoms with Crippen LogP contribution in [0.5, 0.6) is 0 Å². The second-order valence-electron chi connectivity index (χ2n) is 7.16. The van der Waals surface area contributed by atoms with Gasteiger partial charge in [-0.3, -0.25) is 4.79 Å². The van der Waals surface area contributed by atoms with Crippen molar-refractivity contribution in [2.45, 2.75) is 28.7 Å². The highest BCUT2D eigenvalue weighted by atomic mass is 35.5. The van der Waals surface area contributed by atoms with Crippen LogP contribution in [0.1, 0.15) is 23.5 Å². The van der Waals surface area contributed by atoms with Gasteiger partial charge >= 0.3 is 5.97 Å². The lowest BCUT2D eigenvalue weighted by molar-refractivity contribution is -0.140. The molecule has 2 atom stereocenters. The minimum absolute atomic E-state index is 0.0503. The Morgan fingerprint density at radius 2 is 1.77 bits per heavy atom. The molecular formula is C21H18ClNO5S2. The van der Waals surface area contributed by atoms with Gasteiger partial charge in [-0.2, -0.15) is 4.72 Å². The summed E-state index contributed by atoms with van der Waals surface area (Å²) in [7, 11) is -4.03. The van der Waals surface area contributed by atoms with Crippen LogP contribution in [0.4, 0.5) is 0 Å². The molecule has 30 heavy (non-hydrogen) atoms. The maximum atomic E-state index is 13.0. The highest BCUT2D eigenvalue weighted by molar-refractivity contribution is 7.91. The molecule has 6 nitrogen and oxygen atoms in total. The van der Waals surface area contributed by atoms with Gasteiger partial charge in [0.1, 0.15) is 9.75 Å². The van der Waals surface area contributed by atoms with Gasteiger partial charge in [0.15, 0.2) is 0 Å². The van der Waals surface area contributed by atoms with E-state index < -0.39 is 27.4 Å². The summed E-state index contributed by atoms with van der Waals surface area (Å²) in [6.45, 7) is -0.115. The van der Waals surface area contributed by atoms with Crippen molar-refractivity contribution >= 4 is 38.9 Å². The largest absolute Gasteiger partial charge is 0.480 e. The first kappa shape index (κ1) is 21.0. The molecule has 4 rings (SSSR count). The van der Waals surface area contributed by atoms with Crippen molar-refractivity contribution in [2.75, 3.05) is 0 Å². The summed E-state index contributed by atoms with van der Waals surface area (Å²) >= 11 is 6.96. The third kappa shape index (κ3) is 3.89. The van der Waals surface area contributed by atoms with E-state index in [9.17, 15) is 18.3 Å². The fourth-order valence-electron chi connectivity index (χ4n) is 3.44. The van der Waals surface area contributed by atoms with Gasteiger partial charge in [0.25, 0.3) is 10.0 Å². The topological polar surface area (TPSA) is 104 Å². The maximum Gasteiger partial charge on any atom is 0.325 e. The van der Waals surface area contributed by atoms with Crippen LogP contribution in [0.2, 0.25) is 5.02 Å². The van der Waals surface area contributed by atoms with Gasteiger partial charge in [-0.1, -0.05) is 48.0 Å². The summed E-state index contributed by atoms with van der Waals surface area (Å²) in [6, 6.07) is 17.0. The molecule has 0 radical (unpaired) electrons. The first-order chi connectivity index (χ1) is 14.2. The molecule has 1 fully saturated rings. The number of benzene rings is 2. The molecule has 0 aliphatic heterocycles. The Morgan fingerprint density at radius 1 is 1.10 bits per heavy atom. The summed E-state index contributed by atoms with van der Waals surface area (Å²) in [4.78, 5) is 12.7. The Balaban J connectivity index is 1.58. The average molecular weight is 464 g/mol. The van der Waals surface area contributed by atoms with Crippen molar-refractivity contribution in [3.05, 3.63) is 76.8 Å². The molecule has 1 saturated carbocycles. The van der Waals surface area contributed by atoms with E-state index in [2.05, 4.69) is 4.72 Å². The Hall–Kier alpha value is -2.23. The molecule has 1 heterocycles. The number of hydrogen-bond donors (Lipinski definition) is 3. The maximum absolute atomic E-state index is 13.0. The fraction of sp³-hybridized carbons (Fsp3) is 0.190. The first-order valence-corrected chi connectivity index (χ1v) is 11.8. The van der Waals surface area contributed by atoms with Crippen molar-refractivity contribution in [1.82, 2.24) is 4.72 Å². The summed E-state index contributed by atoms with van der Waals surface area (Å²) in [5.74, 6) is -1.69. The number of aliphatic hydroxyl groups is 1. The molecule has 2 aromatic carbocycles. The number of sulfonamides is 1. The number of thiophene rings is 1. The van der Waals surface area contributed by atoms with Gasteiger partial charge in [-0.25, -0.2) is 8.42 Å². The van der Waals surface area contributed by atoms with Crippen LogP contribution in [0.25, 0.3) is 10.4 Å². The molecule has 1 aliphatic rings. The SMILES string of the molecule is O=C(O)C1(NS(=O)(=O)c2ccc(-c3ccc(Cl)cc3)s2)CC1c1ccc(CO)cc1. The van der Waals surface area contributed by atoms with E-state index in [1.807, 2.05) is 0 Å². The van der Waals surface area contributed by atoms with Gasteiger partial charge in [0, 0.05) is 15.8 Å². The zero-order valence-electron chi connectivity index (χ0n) is 15.6. The summed E-state index contributed by atoms with van der Waals surface area (Å²) < 4.78 is 28.4. The zero-order chi connectivity index (χ0) is 21.5. The zero-order valence-corrected chi connectivity index (χ0v) is 18.0. The number of nitrogens with one attached hydrogen (secondary N) is 1. The van der Waals surface area contributed by atoms with Crippen LogP contribution in [0.3, 0.4) is 0 Å². The number of aliphatic carboxylic acids is 1. The van der Waals surface area contributed by atoms with E-state index in [0.717, 1.165) is 21.8 Å². The Kier molecular flexibility index (Phi) is 5.46. The van der Waals surface area contributed by atoms with Gasteiger partial charge in [0.05, 0.1) is 6.61 Å². The first-order valence-electron chi connectivity index (χ1n) is 9.08. The third-order valence-corrected chi connectivity index (χ3v) is 8.59. The quantitative estimate of drug-likeness (QED) is 0.493. The van der Waals surface area contributed by atoms with Crippen LogP contribution in [-0.4, -0.2) is 30.1 Å². The van der Waals surface area contributed by atoms with E-state index in [0.29, 0.717) is 16.1 Å². The Labute approximate surface area is 182 Å². The molecule has 1 aliphatic carbocycles. The summed E-state index contributed by atoms with van der Waals surface area (Å²) in [6.07, 6.45) is 0.162. The Bertz CT molecular complexity index is 1190. The lowest BCUT2D eigenvalue weighted by Crippen LogP contribution is -2.44. The minimum atomic E-state index is -4.03. The number of carboxylic acids is 1. The standard InChI is InChI=1S/C21H18ClNO5S2/c22-16-7-5-15(6-8-16)18-9-10-19(29-18)30(27,28)23-21(20(25)26)11-17(21)14-3-1-13(12-24)2-4-14/h1-10,17,23-24H,11-12H2,(H,25,26). The van der Waals surface area contributed by atoms with Crippen molar-refractivity contribution in [3.63, 3.8) is 0 Å². The molecule has 0 bridgehead atoms. The van der Waals surface area contributed by atoms with E-state index in [1.165, 1.54) is 6.07 Å². The molecule has 0 saturated heterocycles. The van der Waals surface area contributed by atoms with Crippen molar-refractivity contribution in [1.29, 1.82) is 0 Å². The van der Waals surface area contributed by atoms with Gasteiger partial charge in [-0.15, -0.1) is 11.3 Å². The summed E-state index contributed by atoms with van der Waals surface area (Å²) in [5, 5.41) is 19.5. The van der Waals surface area contributed by atoms with Crippen molar-refractivity contribution < 1.29 is 23.4 Å². The molecule has 2 unspecified atom stereocenters. The molecule has 1 aromatic heterocycles. The second kappa shape index (κ2) is 7.79. The number of carbonyl (C=O) groups is 1. The third-order valence-electron chi connectivity index (χ3n) is 5.20. The van der Waals surface area contributed by atoms with Crippen molar-refractivity contribution in [2.24, 2.45) is 0 Å². The highest BCUT2D eigenvalue weighted by Gasteiger charge is 2.63. The summed E-state index contributed by atoms with van der Waals surface area (Å²) in [5.41, 5.74) is 0.663. The molecule has 0 amide bonds. The molecule has 9 heteroatoms. The predicted octanol–water partition coefficient (Wildman–Crippen LogP) is 3.85. The molecule has 3 aromatic rings. The van der Waals surface area contributed by atoms with Crippen LogP contribution in [0.15, 0.2) is 64.9 Å². The van der Waals surface area contributed by atoms with Crippen LogP contribution < -0.4 is 4.72 Å². The number of hydrogen-bond acceptors (Lipinski definition) is 5. The lowest BCUT2D eigenvalue weighted by atomic mass is 10.0. The number of halogens is 1. The van der Waals surface area contributed by atoms with Crippen LogP contribution >= 0.6 is 22.9 Å². The highest BCUT2D eigenvalue weighted by Crippen LogP contribution is 2.52. The molecule has 3 N–H and O–H groups in total. The van der Waals surface area contributed by atoms with Crippen LogP contribution in [-0.2, 0) is 21.4 Å². The Morgan fingerprint density at radius 3 is 2.37 bits per heavy atom. The van der Waals surface area contributed by atoms with Gasteiger partial charge < -0.3 is 10.2 Å². The monoisotopic (exact) mass is 463 g/mol. The van der Waals surface area contributed by atoms with Gasteiger partial charge in [-0.05, 0) is 47.4 Å². The number of rotatable bonds is 7. The normalized spacial score (nSPS) is 20.8.